The Morgan fingerprint density at radius 3 is 2.69 bits per heavy atom. The molecule has 0 aromatic heterocycles. The van der Waals surface area contributed by atoms with Crippen molar-refractivity contribution in [2.45, 2.75) is 19.1 Å². The van der Waals surface area contributed by atoms with Crippen molar-refractivity contribution in [3.8, 4) is 0 Å². The molecule has 1 heterocycles. The highest BCUT2D eigenvalue weighted by molar-refractivity contribution is 4.72. The van der Waals surface area contributed by atoms with Crippen LogP contribution in [0.25, 0.3) is 0 Å². The summed E-state index contributed by atoms with van der Waals surface area (Å²) in [6.45, 7) is 1.82. The van der Waals surface area contributed by atoms with Gasteiger partial charge in [0.15, 0.2) is 0 Å². The summed E-state index contributed by atoms with van der Waals surface area (Å²) < 4.78 is 35.3. The van der Waals surface area contributed by atoms with Gasteiger partial charge in [-0.15, -0.1) is 0 Å². The van der Waals surface area contributed by atoms with E-state index in [2.05, 4.69) is 4.90 Å². The quantitative estimate of drug-likeness (QED) is 0.672. The molecule has 0 aliphatic carbocycles. The van der Waals surface area contributed by atoms with Gasteiger partial charge in [-0.25, -0.2) is 5.32 Å². The molecule has 1 rings (SSSR count). The summed E-state index contributed by atoms with van der Waals surface area (Å²) in [5.74, 6) is 0.139. The van der Waals surface area contributed by atoms with Crippen LogP contribution in [0.1, 0.15) is 12.8 Å². The molecule has 1 fully saturated rings. The summed E-state index contributed by atoms with van der Waals surface area (Å²) in [6, 6.07) is 0. The lowest BCUT2D eigenvalue weighted by atomic mass is 9.99. The number of likely N-dealkylation sites (tertiary alicyclic amines) is 1. The highest BCUT2D eigenvalue weighted by Gasteiger charge is 2.28. The average molecular weight is 196 g/mol. The van der Waals surface area contributed by atoms with Crippen LogP contribution in [0.3, 0.4) is 0 Å². The summed E-state index contributed by atoms with van der Waals surface area (Å²) in [5, 5.41) is 1.59. The molecule has 0 bridgehead atoms. The molecule has 1 saturated heterocycles. The standard InChI is InChI=1S/C8H15F3N2/c1-13-4-2-3-7(6-13)5-12-8(9,10)11/h7,12H,2-6H2,1H3/t7-/m1/s1. The van der Waals surface area contributed by atoms with Gasteiger partial charge in [-0.3, -0.25) is 0 Å². The summed E-state index contributed by atoms with van der Waals surface area (Å²) in [5.41, 5.74) is 0. The fraction of sp³-hybridized carbons (Fsp3) is 1.00. The SMILES string of the molecule is CN1CCC[C@H](CNC(F)(F)F)C1. The van der Waals surface area contributed by atoms with E-state index in [1.807, 2.05) is 7.05 Å². The van der Waals surface area contributed by atoms with Gasteiger partial charge in [-0.2, -0.15) is 13.2 Å². The van der Waals surface area contributed by atoms with E-state index >= 15 is 0 Å². The predicted octanol–water partition coefficient (Wildman–Crippen LogP) is 1.44. The van der Waals surface area contributed by atoms with Crippen LogP contribution < -0.4 is 5.32 Å². The van der Waals surface area contributed by atoms with Crippen molar-refractivity contribution < 1.29 is 13.2 Å². The fourth-order valence-corrected chi connectivity index (χ4v) is 1.70. The molecule has 13 heavy (non-hydrogen) atoms. The Morgan fingerprint density at radius 1 is 1.46 bits per heavy atom. The molecular formula is C8H15F3N2. The molecule has 0 radical (unpaired) electrons. The predicted molar refractivity (Wildman–Crippen MR) is 44.3 cm³/mol. The molecule has 1 N–H and O–H groups in total. The van der Waals surface area contributed by atoms with Gasteiger partial charge in [0, 0.05) is 13.1 Å². The van der Waals surface area contributed by atoms with Crippen LogP contribution in [-0.4, -0.2) is 37.9 Å². The van der Waals surface area contributed by atoms with Gasteiger partial charge in [0.05, 0.1) is 0 Å². The van der Waals surface area contributed by atoms with Crippen LogP contribution in [0.15, 0.2) is 0 Å². The van der Waals surface area contributed by atoms with Crippen LogP contribution in [0.2, 0.25) is 0 Å². The lowest BCUT2D eigenvalue weighted by molar-refractivity contribution is -0.159. The van der Waals surface area contributed by atoms with Gasteiger partial charge in [-0.1, -0.05) is 0 Å². The number of nitrogens with one attached hydrogen (secondary N) is 1. The van der Waals surface area contributed by atoms with E-state index in [1.54, 1.807) is 5.32 Å². The fourth-order valence-electron chi connectivity index (χ4n) is 1.70. The summed E-state index contributed by atoms with van der Waals surface area (Å²) >= 11 is 0. The Labute approximate surface area is 76.1 Å². The molecule has 0 unspecified atom stereocenters. The van der Waals surface area contributed by atoms with Gasteiger partial charge in [0.1, 0.15) is 0 Å². The number of hydrogen-bond donors (Lipinski definition) is 1. The third kappa shape index (κ3) is 4.47. The van der Waals surface area contributed by atoms with E-state index in [0.29, 0.717) is 0 Å². The number of hydrogen-bond acceptors (Lipinski definition) is 2. The second kappa shape index (κ2) is 4.28. The molecule has 5 heteroatoms. The number of halogens is 3. The second-order valence-corrected chi connectivity index (χ2v) is 3.65. The molecule has 0 aromatic carbocycles. The summed E-state index contributed by atoms with van der Waals surface area (Å²) in [7, 11) is 1.94. The van der Waals surface area contributed by atoms with Crippen LogP contribution in [0.5, 0.6) is 0 Å². The highest BCUT2D eigenvalue weighted by Crippen LogP contribution is 2.16. The zero-order valence-electron chi connectivity index (χ0n) is 7.69. The van der Waals surface area contributed by atoms with Crippen LogP contribution in [0.4, 0.5) is 13.2 Å². The topological polar surface area (TPSA) is 15.3 Å². The van der Waals surface area contributed by atoms with E-state index in [0.717, 1.165) is 25.9 Å². The minimum Gasteiger partial charge on any atom is -0.306 e. The van der Waals surface area contributed by atoms with Crippen LogP contribution >= 0.6 is 0 Å². The summed E-state index contributed by atoms with van der Waals surface area (Å²) in [4.78, 5) is 2.08. The molecular weight excluding hydrogens is 181 g/mol. The highest BCUT2D eigenvalue weighted by atomic mass is 19.4. The largest absolute Gasteiger partial charge is 0.457 e. The van der Waals surface area contributed by atoms with E-state index in [9.17, 15) is 13.2 Å². The van der Waals surface area contributed by atoms with Crippen molar-refractivity contribution in [2.75, 3.05) is 26.7 Å². The van der Waals surface area contributed by atoms with Crippen molar-refractivity contribution >= 4 is 0 Å². The van der Waals surface area contributed by atoms with Gasteiger partial charge >= 0.3 is 6.30 Å². The third-order valence-electron chi connectivity index (χ3n) is 2.31. The molecule has 1 atom stereocenters. The molecule has 78 valence electrons. The molecule has 2 nitrogen and oxygen atoms in total. The van der Waals surface area contributed by atoms with Crippen molar-refractivity contribution in [1.29, 1.82) is 0 Å². The van der Waals surface area contributed by atoms with Gasteiger partial charge < -0.3 is 4.90 Å². The number of rotatable bonds is 2. The monoisotopic (exact) mass is 196 g/mol. The van der Waals surface area contributed by atoms with Gasteiger partial charge in [0.2, 0.25) is 0 Å². The van der Waals surface area contributed by atoms with E-state index in [-0.39, 0.29) is 12.5 Å². The number of piperidine rings is 1. The van der Waals surface area contributed by atoms with Crippen molar-refractivity contribution in [3.63, 3.8) is 0 Å². The first-order valence-electron chi connectivity index (χ1n) is 4.47. The molecule has 0 aromatic rings. The van der Waals surface area contributed by atoms with Crippen LogP contribution in [0, 0.1) is 5.92 Å². The molecule has 0 saturated carbocycles. The first-order valence-corrected chi connectivity index (χ1v) is 4.47. The molecule has 0 spiro atoms. The van der Waals surface area contributed by atoms with Crippen molar-refractivity contribution in [1.82, 2.24) is 10.2 Å². The Hall–Kier alpha value is -0.290. The van der Waals surface area contributed by atoms with E-state index < -0.39 is 6.30 Å². The zero-order valence-corrected chi connectivity index (χ0v) is 7.69. The minimum atomic E-state index is -4.23. The normalized spacial score (nSPS) is 26.3. The Morgan fingerprint density at radius 2 is 2.15 bits per heavy atom. The molecule has 1 aliphatic rings. The first-order chi connectivity index (χ1) is 5.97. The van der Waals surface area contributed by atoms with Crippen molar-refractivity contribution in [3.05, 3.63) is 0 Å². The number of alkyl halides is 3. The van der Waals surface area contributed by atoms with Gasteiger partial charge in [0.25, 0.3) is 0 Å². The summed E-state index contributed by atoms with van der Waals surface area (Å²) in [6.07, 6.45) is -2.33. The van der Waals surface area contributed by atoms with Gasteiger partial charge in [-0.05, 0) is 32.4 Å². The average Bonchev–Trinajstić information content (AvgIpc) is 2.00. The maximum atomic E-state index is 11.8. The Bertz CT molecular complexity index is 158. The molecule has 1 aliphatic heterocycles. The third-order valence-corrected chi connectivity index (χ3v) is 2.31. The lowest BCUT2D eigenvalue weighted by Gasteiger charge is -2.29. The van der Waals surface area contributed by atoms with Crippen molar-refractivity contribution in [2.24, 2.45) is 5.92 Å². The maximum Gasteiger partial charge on any atom is 0.457 e. The van der Waals surface area contributed by atoms with E-state index in [4.69, 9.17) is 0 Å². The Kier molecular flexibility index (Phi) is 3.55. The minimum absolute atomic E-state index is 0.0494. The lowest BCUT2D eigenvalue weighted by Crippen LogP contribution is -2.41. The van der Waals surface area contributed by atoms with Crippen LogP contribution in [-0.2, 0) is 0 Å². The molecule has 0 amide bonds. The maximum absolute atomic E-state index is 11.8. The number of nitrogens with zero attached hydrogens (tertiary/aromatic N) is 1. The smallest absolute Gasteiger partial charge is 0.306 e. The van der Waals surface area contributed by atoms with E-state index in [1.165, 1.54) is 0 Å². The second-order valence-electron chi connectivity index (χ2n) is 3.65. The zero-order chi connectivity index (χ0) is 9.90. The first kappa shape index (κ1) is 10.8. The Balaban J connectivity index is 2.21.